The lowest BCUT2D eigenvalue weighted by Gasteiger charge is -2.08. The van der Waals surface area contributed by atoms with Crippen LogP contribution in [0.5, 0.6) is 0 Å². The lowest BCUT2D eigenvalue weighted by molar-refractivity contribution is -0.192. The molecule has 0 aliphatic carbocycles. The first kappa shape index (κ1) is 30.1. The van der Waals surface area contributed by atoms with Gasteiger partial charge in [0, 0.05) is 13.1 Å². The molecule has 208 valence electrons. The van der Waals surface area contributed by atoms with Gasteiger partial charge in [-0.3, -0.25) is 0 Å². The average molecular weight is 540 g/mol. The Morgan fingerprint density at radius 3 is 1.44 bits per heavy atom. The van der Waals surface area contributed by atoms with Crippen molar-refractivity contribution in [1.82, 2.24) is 16.0 Å². The summed E-state index contributed by atoms with van der Waals surface area (Å²) in [6.07, 6.45) is -1.50. The fourth-order valence-electron chi connectivity index (χ4n) is 4.13. The Morgan fingerprint density at radius 2 is 0.974 bits per heavy atom. The lowest BCUT2D eigenvalue weighted by atomic mass is 10.1. The van der Waals surface area contributed by atoms with E-state index in [0.29, 0.717) is 0 Å². The van der Waals surface area contributed by atoms with Crippen LogP contribution >= 0.6 is 0 Å². The molecule has 0 amide bonds. The minimum Gasteiger partial charge on any atom is -0.475 e. The number of fused-ring (bicyclic) bond motifs is 2. The topological polar surface area (TPSA) is 73.4 Å². The maximum absolute atomic E-state index is 10.6. The Labute approximate surface area is 227 Å². The van der Waals surface area contributed by atoms with E-state index in [1.54, 1.807) is 0 Å². The third-order valence-corrected chi connectivity index (χ3v) is 6.19. The maximum Gasteiger partial charge on any atom is 0.490 e. The molecule has 0 saturated heterocycles. The van der Waals surface area contributed by atoms with E-state index in [1.165, 1.54) is 45.5 Å². The molecule has 4 N–H and O–H groups in total. The van der Waals surface area contributed by atoms with Gasteiger partial charge in [0.15, 0.2) is 0 Å². The summed E-state index contributed by atoms with van der Waals surface area (Å²) in [6.45, 7) is 6.18. The summed E-state index contributed by atoms with van der Waals surface area (Å²) in [6, 6.07) is 30.5. The first-order valence-corrected chi connectivity index (χ1v) is 13.2. The van der Waals surface area contributed by atoms with E-state index in [9.17, 15) is 13.2 Å². The molecule has 0 saturated carbocycles. The van der Waals surface area contributed by atoms with Gasteiger partial charge in [0.1, 0.15) is 0 Å². The van der Waals surface area contributed by atoms with Crippen molar-refractivity contribution in [3.63, 3.8) is 0 Å². The Balaban J connectivity index is 0.000000532. The van der Waals surface area contributed by atoms with E-state index in [2.05, 4.69) is 101 Å². The van der Waals surface area contributed by atoms with Gasteiger partial charge in [0.05, 0.1) is 0 Å². The number of carboxylic acid groups (broad SMARTS) is 1. The van der Waals surface area contributed by atoms with Crippen LogP contribution < -0.4 is 16.0 Å². The van der Waals surface area contributed by atoms with Crippen LogP contribution in [0.4, 0.5) is 13.2 Å². The fraction of sp³-hybridized carbons (Fsp3) is 0.323. The van der Waals surface area contributed by atoms with Crippen molar-refractivity contribution in [1.29, 1.82) is 0 Å². The van der Waals surface area contributed by atoms with E-state index >= 15 is 0 Å². The number of hydrogen-bond donors (Lipinski definition) is 4. The average Bonchev–Trinajstić information content (AvgIpc) is 2.93. The van der Waals surface area contributed by atoms with Crippen LogP contribution in [0, 0.1) is 0 Å². The first-order chi connectivity index (χ1) is 18.8. The predicted octanol–water partition coefficient (Wildman–Crippen LogP) is 6.27. The number of carbonyl (C=O) groups is 1. The second kappa shape index (κ2) is 15.8. The summed E-state index contributed by atoms with van der Waals surface area (Å²) < 4.78 is 31.7. The van der Waals surface area contributed by atoms with Crippen LogP contribution in [-0.4, -0.2) is 43.4 Å². The summed E-state index contributed by atoms with van der Waals surface area (Å²) in [5.41, 5.74) is 2.71. The molecule has 4 aromatic carbocycles. The number of halogens is 3. The van der Waals surface area contributed by atoms with Crippen molar-refractivity contribution in [2.75, 3.05) is 26.2 Å². The van der Waals surface area contributed by atoms with Gasteiger partial charge in [0.25, 0.3) is 0 Å². The molecule has 0 spiro atoms. The largest absolute Gasteiger partial charge is 0.490 e. The van der Waals surface area contributed by atoms with Crippen molar-refractivity contribution < 1.29 is 23.1 Å². The molecule has 0 radical (unpaired) electrons. The Morgan fingerprint density at radius 1 is 0.590 bits per heavy atom. The Hall–Kier alpha value is -3.46. The Bertz CT molecular complexity index is 1220. The monoisotopic (exact) mass is 539 g/mol. The van der Waals surface area contributed by atoms with Crippen LogP contribution in [0.3, 0.4) is 0 Å². The summed E-state index contributed by atoms with van der Waals surface area (Å²) in [7, 11) is 0. The van der Waals surface area contributed by atoms with E-state index in [-0.39, 0.29) is 0 Å². The molecule has 0 fully saturated rings. The molecule has 0 bridgehead atoms. The molecule has 4 rings (SSSR count). The van der Waals surface area contributed by atoms with Crippen molar-refractivity contribution in [2.45, 2.75) is 38.5 Å². The molecule has 0 aliphatic rings. The summed E-state index contributed by atoms with van der Waals surface area (Å²) in [5, 5.41) is 23.1. The van der Waals surface area contributed by atoms with E-state index in [0.717, 1.165) is 45.7 Å². The number of nitrogens with one attached hydrogen (secondary N) is 3. The third kappa shape index (κ3) is 11.0. The minimum atomic E-state index is -5.08. The highest BCUT2D eigenvalue weighted by molar-refractivity contribution is 5.83. The van der Waals surface area contributed by atoms with E-state index in [1.807, 2.05) is 0 Å². The van der Waals surface area contributed by atoms with Crippen LogP contribution in [0.2, 0.25) is 0 Å². The Kier molecular flexibility index (Phi) is 12.2. The molecular weight excluding hydrogens is 503 g/mol. The molecule has 0 atom stereocenters. The molecule has 0 aliphatic heterocycles. The highest BCUT2D eigenvalue weighted by Crippen LogP contribution is 2.16. The van der Waals surface area contributed by atoms with Gasteiger partial charge in [-0.25, -0.2) is 4.79 Å². The molecule has 5 nitrogen and oxygen atoms in total. The number of hydrogen-bond acceptors (Lipinski definition) is 4. The minimum absolute atomic E-state index is 0.938. The summed E-state index contributed by atoms with van der Waals surface area (Å²) in [4.78, 5) is 8.90. The number of unbranched alkanes of at least 4 members (excludes halogenated alkanes) is 1. The first-order valence-electron chi connectivity index (χ1n) is 13.2. The normalized spacial score (nSPS) is 11.4. The number of rotatable bonds is 13. The zero-order valence-corrected chi connectivity index (χ0v) is 21.9. The third-order valence-electron chi connectivity index (χ3n) is 6.19. The van der Waals surface area contributed by atoms with Crippen molar-refractivity contribution in [2.24, 2.45) is 0 Å². The quantitative estimate of drug-likeness (QED) is 0.151. The summed E-state index contributed by atoms with van der Waals surface area (Å²) >= 11 is 0. The maximum atomic E-state index is 10.6. The van der Waals surface area contributed by atoms with Gasteiger partial charge < -0.3 is 21.1 Å². The number of carboxylic acids is 1. The van der Waals surface area contributed by atoms with Crippen LogP contribution in [0.25, 0.3) is 21.5 Å². The van der Waals surface area contributed by atoms with Gasteiger partial charge in [0.2, 0.25) is 0 Å². The standard InChI is InChI=1S/C29H35N3.C2HF3O2/c1-3-10-28-20-24(12-14-26(28)8-1)22-31-17-6-5-16-30-18-7-19-32-23-25-13-15-27-9-2-4-11-29(27)21-25;3-2(4,5)1(6)7/h1-4,8-15,20-21,30-32H,5-7,16-19,22-23H2;(H,6,7). The number of alkyl halides is 3. The van der Waals surface area contributed by atoms with Crippen LogP contribution in [0.1, 0.15) is 30.4 Å². The second-order valence-corrected chi connectivity index (χ2v) is 9.33. The second-order valence-electron chi connectivity index (χ2n) is 9.33. The zero-order chi connectivity index (χ0) is 27.9. The zero-order valence-electron chi connectivity index (χ0n) is 21.9. The van der Waals surface area contributed by atoms with Crippen molar-refractivity contribution in [3.05, 3.63) is 96.1 Å². The molecule has 39 heavy (non-hydrogen) atoms. The predicted molar refractivity (Wildman–Crippen MR) is 152 cm³/mol. The van der Waals surface area contributed by atoms with Crippen molar-refractivity contribution >= 4 is 27.5 Å². The number of aliphatic carboxylic acids is 1. The molecule has 4 aromatic rings. The molecule has 0 unspecified atom stereocenters. The molecule has 0 heterocycles. The van der Waals surface area contributed by atoms with Gasteiger partial charge in [-0.1, -0.05) is 72.8 Å². The van der Waals surface area contributed by atoms with E-state index in [4.69, 9.17) is 9.90 Å². The van der Waals surface area contributed by atoms with Crippen molar-refractivity contribution in [3.8, 4) is 0 Å². The SMILES string of the molecule is O=C(O)C(F)(F)F.c1ccc2cc(CNCCCCNCCCNCc3ccc4ccccc4c3)ccc2c1. The molecular formula is C31H36F3N3O2. The van der Waals surface area contributed by atoms with E-state index < -0.39 is 12.1 Å². The van der Waals surface area contributed by atoms with Gasteiger partial charge in [-0.15, -0.1) is 0 Å². The summed E-state index contributed by atoms with van der Waals surface area (Å²) in [5.74, 6) is -2.76. The smallest absolute Gasteiger partial charge is 0.475 e. The van der Waals surface area contributed by atoms with Gasteiger partial charge in [-0.2, -0.15) is 13.2 Å². The van der Waals surface area contributed by atoms with Crippen LogP contribution in [-0.2, 0) is 17.9 Å². The van der Waals surface area contributed by atoms with Crippen LogP contribution in [0.15, 0.2) is 84.9 Å². The molecule has 0 aromatic heterocycles. The fourth-order valence-corrected chi connectivity index (χ4v) is 4.13. The highest BCUT2D eigenvalue weighted by Gasteiger charge is 2.38. The van der Waals surface area contributed by atoms with Gasteiger partial charge in [-0.05, 0) is 90.2 Å². The van der Waals surface area contributed by atoms with Gasteiger partial charge >= 0.3 is 12.1 Å². The molecule has 8 heteroatoms. The lowest BCUT2D eigenvalue weighted by Crippen LogP contribution is -2.23. The number of benzene rings is 4. The highest BCUT2D eigenvalue weighted by atomic mass is 19.4.